The van der Waals surface area contributed by atoms with Gasteiger partial charge in [0.25, 0.3) is 0 Å². The molecule has 0 amide bonds. The summed E-state index contributed by atoms with van der Waals surface area (Å²) in [6, 6.07) is 7.41. The lowest BCUT2D eigenvalue weighted by Gasteiger charge is -2.25. The number of aliphatic hydroxyl groups excluding tert-OH is 1. The molecule has 142 valence electrons. The molecule has 2 atom stereocenters. The smallest absolute Gasteiger partial charge is 0.191 e. The molecule has 0 fully saturated rings. The quantitative estimate of drug-likeness (QED) is 0.347. The molecule has 0 spiro atoms. The summed E-state index contributed by atoms with van der Waals surface area (Å²) in [4.78, 5) is 8.66. The number of hydrogen-bond acceptors (Lipinski definition) is 4. The Balaban J connectivity index is 0.00000243. The van der Waals surface area contributed by atoms with Crippen molar-refractivity contribution in [3.8, 4) is 0 Å². The number of benzene rings is 1. The monoisotopic (exact) mass is 490 g/mol. The van der Waals surface area contributed by atoms with Gasteiger partial charge in [0.15, 0.2) is 5.96 Å². The van der Waals surface area contributed by atoms with Gasteiger partial charge in [0.2, 0.25) is 0 Å². The fourth-order valence-corrected chi connectivity index (χ4v) is 3.06. The summed E-state index contributed by atoms with van der Waals surface area (Å²) in [5, 5.41) is 21.9. The fraction of sp³-hybridized carbons (Fsp3) is 0.471. The van der Waals surface area contributed by atoms with E-state index in [9.17, 15) is 5.11 Å². The number of nitrogens with zero attached hydrogens (tertiary/aromatic N) is 4. The van der Waals surface area contributed by atoms with Crippen LogP contribution < -0.4 is 10.6 Å². The van der Waals surface area contributed by atoms with E-state index in [1.807, 2.05) is 23.7 Å². The molecule has 2 heterocycles. The molecule has 0 radical (unpaired) electrons. The minimum atomic E-state index is -0.633. The van der Waals surface area contributed by atoms with Crippen LogP contribution in [0.1, 0.15) is 29.7 Å². The van der Waals surface area contributed by atoms with Crippen LogP contribution in [0, 0.1) is 6.92 Å². The van der Waals surface area contributed by atoms with Crippen LogP contribution in [0.5, 0.6) is 0 Å². The Kier molecular flexibility index (Phi) is 7.66. The Morgan fingerprint density at radius 3 is 2.85 bits per heavy atom. The predicted molar refractivity (Wildman–Crippen MR) is 113 cm³/mol. The number of aromatic nitrogens is 3. The SMILES string of the molecule is CN=C(NCC(O)c1ccc(Cl)cc1)NC1CCc2nc(C)nn2C1.I. The molecule has 3 rings (SSSR count). The van der Waals surface area contributed by atoms with Crippen LogP contribution in [-0.4, -0.2) is 45.5 Å². The summed E-state index contributed by atoms with van der Waals surface area (Å²) < 4.78 is 1.95. The highest BCUT2D eigenvalue weighted by molar-refractivity contribution is 14.0. The number of aliphatic hydroxyl groups is 1. The molecule has 2 unspecified atom stereocenters. The molecule has 1 aromatic carbocycles. The van der Waals surface area contributed by atoms with Gasteiger partial charge in [-0.2, -0.15) is 5.10 Å². The van der Waals surface area contributed by atoms with E-state index in [2.05, 4.69) is 25.7 Å². The summed E-state index contributed by atoms with van der Waals surface area (Å²) in [6.45, 7) is 3.03. The van der Waals surface area contributed by atoms with Crippen molar-refractivity contribution >= 4 is 41.5 Å². The molecule has 7 nitrogen and oxygen atoms in total. The van der Waals surface area contributed by atoms with Crippen LogP contribution in [0.4, 0.5) is 0 Å². The summed E-state index contributed by atoms with van der Waals surface area (Å²) in [7, 11) is 1.72. The van der Waals surface area contributed by atoms with E-state index in [4.69, 9.17) is 11.6 Å². The second kappa shape index (κ2) is 9.52. The van der Waals surface area contributed by atoms with Gasteiger partial charge in [-0.3, -0.25) is 4.99 Å². The Morgan fingerprint density at radius 1 is 1.42 bits per heavy atom. The van der Waals surface area contributed by atoms with Crippen LogP contribution in [-0.2, 0) is 13.0 Å². The van der Waals surface area contributed by atoms with Gasteiger partial charge in [0, 0.05) is 31.1 Å². The maximum atomic E-state index is 10.3. The summed E-state index contributed by atoms with van der Waals surface area (Å²) in [5.74, 6) is 2.51. The van der Waals surface area contributed by atoms with Gasteiger partial charge < -0.3 is 15.7 Å². The van der Waals surface area contributed by atoms with Crippen LogP contribution >= 0.6 is 35.6 Å². The number of fused-ring (bicyclic) bond motifs is 1. The Bertz CT molecular complexity index is 748. The zero-order chi connectivity index (χ0) is 17.8. The first kappa shape index (κ1) is 20.9. The van der Waals surface area contributed by atoms with Gasteiger partial charge >= 0.3 is 0 Å². The van der Waals surface area contributed by atoms with Gasteiger partial charge in [0.1, 0.15) is 11.6 Å². The van der Waals surface area contributed by atoms with E-state index in [1.54, 1.807) is 19.2 Å². The molecule has 1 aromatic heterocycles. The highest BCUT2D eigenvalue weighted by Gasteiger charge is 2.21. The van der Waals surface area contributed by atoms with Crippen molar-refractivity contribution in [3.05, 3.63) is 46.5 Å². The maximum Gasteiger partial charge on any atom is 0.191 e. The highest BCUT2D eigenvalue weighted by atomic mass is 127. The molecular weight excluding hydrogens is 467 g/mol. The molecule has 0 saturated carbocycles. The summed E-state index contributed by atoms with van der Waals surface area (Å²) >= 11 is 5.87. The minimum Gasteiger partial charge on any atom is -0.387 e. The van der Waals surface area contributed by atoms with E-state index >= 15 is 0 Å². The molecule has 1 aliphatic heterocycles. The lowest BCUT2D eigenvalue weighted by atomic mass is 10.1. The second-order valence-electron chi connectivity index (χ2n) is 6.16. The number of rotatable bonds is 4. The third kappa shape index (κ3) is 5.31. The largest absolute Gasteiger partial charge is 0.387 e. The van der Waals surface area contributed by atoms with Gasteiger partial charge in [0.05, 0.1) is 12.6 Å². The molecule has 0 aliphatic carbocycles. The average Bonchev–Trinajstić information content (AvgIpc) is 2.98. The standard InChI is InChI=1S/C17H23ClN6O.HI/c1-11-21-16-8-7-14(10-24(16)23-11)22-17(19-2)20-9-15(25)12-3-5-13(18)6-4-12;/h3-6,14-15,25H,7-10H2,1-2H3,(H2,19,20,22);1H. The fourth-order valence-electron chi connectivity index (χ4n) is 2.94. The van der Waals surface area contributed by atoms with Crippen molar-refractivity contribution in [2.75, 3.05) is 13.6 Å². The van der Waals surface area contributed by atoms with E-state index in [0.29, 0.717) is 17.5 Å². The van der Waals surface area contributed by atoms with Crippen molar-refractivity contribution in [2.24, 2.45) is 4.99 Å². The van der Waals surface area contributed by atoms with Gasteiger partial charge in [-0.1, -0.05) is 23.7 Å². The first-order chi connectivity index (χ1) is 12.0. The van der Waals surface area contributed by atoms with Crippen molar-refractivity contribution in [1.82, 2.24) is 25.4 Å². The Labute approximate surface area is 175 Å². The van der Waals surface area contributed by atoms with Crippen molar-refractivity contribution in [2.45, 2.75) is 38.5 Å². The number of nitrogens with one attached hydrogen (secondary N) is 2. The van der Waals surface area contributed by atoms with E-state index < -0.39 is 6.10 Å². The summed E-state index contributed by atoms with van der Waals surface area (Å²) in [6.07, 6.45) is 1.23. The number of guanidine groups is 1. The molecule has 2 aromatic rings. The molecule has 0 saturated heterocycles. The number of aryl methyl sites for hydroxylation is 2. The van der Waals surface area contributed by atoms with Crippen molar-refractivity contribution < 1.29 is 5.11 Å². The number of aliphatic imine (C=N–C) groups is 1. The molecule has 3 N–H and O–H groups in total. The normalized spacial score (nSPS) is 17.8. The van der Waals surface area contributed by atoms with Crippen molar-refractivity contribution in [1.29, 1.82) is 0 Å². The molecular formula is C17H24ClIN6O. The minimum absolute atomic E-state index is 0. The molecule has 0 bridgehead atoms. The number of hydrogen-bond donors (Lipinski definition) is 3. The van der Waals surface area contributed by atoms with Crippen LogP contribution in [0.25, 0.3) is 0 Å². The van der Waals surface area contributed by atoms with E-state index in [-0.39, 0.29) is 30.0 Å². The topological polar surface area (TPSA) is 87.4 Å². The van der Waals surface area contributed by atoms with Crippen LogP contribution in [0.15, 0.2) is 29.3 Å². The zero-order valence-electron chi connectivity index (χ0n) is 14.8. The third-order valence-corrected chi connectivity index (χ3v) is 4.50. The third-order valence-electron chi connectivity index (χ3n) is 4.25. The maximum absolute atomic E-state index is 10.3. The van der Waals surface area contributed by atoms with Gasteiger partial charge in [-0.15, -0.1) is 24.0 Å². The molecule has 9 heteroatoms. The molecule has 26 heavy (non-hydrogen) atoms. The van der Waals surface area contributed by atoms with E-state index in [0.717, 1.165) is 36.6 Å². The second-order valence-corrected chi connectivity index (χ2v) is 6.59. The average molecular weight is 491 g/mol. The van der Waals surface area contributed by atoms with Gasteiger partial charge in [-0.25, -0.2) is 9.67 Å². The highest BCUT2D eigenvalue weighted by Crippen LogP contribution is 2.16. The van der Waals surface area contributed by atoms with Gasteiger partial charge in [-0.05, 0) is 31.0 Å². The van der Waals surface area contributed by atoms with E-state index in [1.165, 1.54) is 0 Å². The summed E-state index contributed by atoms with van der Waals surface area (Å²) in [5.41, 5.74) is 0.813. The van der Waals surface area contributed by atoms with Crippen LogP contribution in [0.3, 0.4) is 0 Å². The number of halogens is 2. The predicted octanol–water partition coefficient (Wildman–Crippen LogP) is 2.07. The lowest BCUT2D eigenvalue weighted by Crippen LogP contribution is -2.47. The Morgan fingerprint density at radius 2 is 2.15 bits per heavy atom. The lowest BCUT2D eigenvalue weighted by molar-refractivity contribution is 0.180. The first-order valence-corrected chi connectivity index (χ1v) is 8.74. The van der Waals surface area contributed by atoms with Crippen molar-refractivity contribution in [3.63, 3.8) is 0 Å². The molecule has 1 aliphatic rings. The first-order valence-electron chi connectivity index (χ1n) is 8.36. The van der Waals surface area contributed by atoms with Crippen LogP contribution in [0.2, 0.25) is 5.02 Å². The zero-order valence-corrected chi connectivity index (χ0v) is 17.9. The Hall–Kier alpha value is -1.39.